The molecule has 0 radical (unpaired) electrons. The fourth-order valence-corrected chi connectivity index (χ4v) is 2.26. The van der Waals surface area contributed by atoms with Crippen molar-refractivity contribution in [1.82, 2.24) is 25.4 Å². The van der Waals surface area contributed by atoms with Crippen LogP contribution in [-0.2, 0) is 11.3 Å². The van der Waals surface area contributed by atoms with Crippen LogP contribution in [-0.4, -0.2) is 47.0 Å². The van der Waals surface area contributed by atoms with Crippen molar-refractivity contribution < 1.29 is 4.74 Å². The molecule has 0 saturated heterocycles. The number of hydrogen-bond acceptors (Lipinski definition) is 4. The number of aliphatic imine (C=N–C) groups is 1. The smallest absolute Gasteiger partial charge is 0.191 e. The molecule has 2 aromatic heterocycles. The van der Waals surface area contributed by atoms with Gasteiger partial charge in [-0.3, -0.25) is 0 Å². The van der Waals surface area contributed by atoms with E-state index in [9.17, 15) is 0 Å². The van der Waals surface area contributed by atoms with E-state index in [1.807, 2.05) is 24.4 Å². The Morgan fingerprint density at radius 2 is 2.15 bits per heavy atom. The molecule has 0 aliphatic carbocycles. The molecule has 0 aromatic carbocycles. The minimum Gasteiger partial charge on any atom is -0.380 e. The van der Waals surface area contributed by atoms with Gasteiger partial charge in [-0.15, -0.1) is 0 Å². The number of hydrogen-bond donors (Lipinski definition) is 2. The van der Waals surface area contributed by atoms with Gasteiger partial charge in [-0.05, 0) is 43.0 Å². The standard InChI is InChI=1S/C19H30N6O/c1-4-20-19(22-10-13-26-12-7-16(2)3)23-15-17-6-9-21-18(14-17)25-11-5-8-24-25/h5-6,8-9,11,14,16H,4,7,10,12-13,15H2,1-3H3,(H2,20,22,23). The molecular weight excluding hydrogens is 328 g/mol. The summed E-state index contributed by atoms with van der Waals surface area (Å²) in [7, 11) is 0. The molecule has 26 heavy (non-hydrogen) atoms. The van der Waals surface area contributed by atoms with Gasteiger partial charge in [0.05, 0.1) is 13.2 Å². The maximum absolute atomic E-state index is 5.63. The molecule has 142 valence electrons. The molecule has 0 bridgehead atoms. The summed E-state index contributed by atoms with van der Waals surface area (Å²) >= 11 is 0. The van der Waals surface area contributed by atoms with Gasteiger partial charge in [0.2, 0.25) is 0 Å². The molecule has 0 atom stereocenters. The highest BCUT2D eigenvalue weighted by atomic mass is 16.5. The van der Waals surface area contributed by atoms with Gasteiger partial charge < -0.3 is 15.4 Å². The van der Waals surface area contributed by atoms with Crippen molar-refractivity contribution in [3.63, 3.8) is 0 Å². The number of nitrogens with zero attached hydrogens (tertiary/aromatic N) is 4. The van der Waals surface area contributed by atoms with Crippen LogP contribution < -0.4 is 10.6 Å². The quantitative estimate of drug-likeness (QED) is 0.387. The number of nitrogens with one attached hydrogen (secondary N) is 2. The summed E-state index contributed by atoms with van der Waals surface area (Å²) in [6.07, 6.45) is 6.49. The lowest BCUT2D eigenvalue weighted by molar-refractivity contribution is 0.128. The van der Waals surface area contributed by atoms with E-state index in [4.69, 9.17) is 4.74 Å². The zero-order valence-corrected chi connectivity index (χ0v) is 16.0. The predicted octanol–water partition coefficient (Wildman–Crippen LogP) is 2.39. The lowest BCUT2D eigenvalue weighted by Crippen LogP contribution is -2.39. The van der Waals surface area contributed by atoms with Gasteiger partial charge in [0.15, 0.2) is 11.8 Å². The van der Waals surface area contributed by atoms with E-state index in [-0.39, 0.29) is 0 Å². The molecule has 2 rings (SSSR count). The monoisotopic (exact) mass is 358 g/mol. The first-order valence-electron chi connectivity index (χ1n) is 9.24. The Morgan fingerprint density at radius 1 is 1.27 bits per heavy atom. The summed E-state index contributed by atoms with van der Waals surface area (Å²) in [6, 6.07) is 5.84. The van der Waals surface area contributed by atoms with Crippen LogP contribution in [0.4, 0.5) is 0 Å². The summed E-state index contributed by atoms with van der Waals surface area (Å²) in [5.74, 6) is 2.26. The summed E-state index contributed by atoms with van der Waals surface area (Å²) in [5, 5.41) is 10.8. The highest BCUT2D eigenvalue weighted by Gasteiger charge is 2.01. The minimum absolute atomic E-state index is 0.570. The van der Waals surface area contributed by atoms with E-state index in [0.717, 1.165) is 43.5 Å². The molecule has 0 saturated carbocycles. The SMILES string of the molecule is CCNC(=NCc1ccnc(-n2cccn2)c1)NCCOCCC(C)C. The summed E-state index contributed by atoms with van der Waals surface area (Å²) in [5.41, 5.74) is 1.08. The lowest BCUT2D eigenvalue weighted by atomic mass is 10.1. The average molecular weight is 358 g/mol. The molecule has 2 N–H and O–H groups in total. The normalized spacial score (nSPS) is 11.8. The number of pyridine rings is 1. The maximum Gasteiger partial charge on any atom is 0.191 e. The third-order valence-corrected chi connectivity index (χ3v) is 3.69. The van der Waals surface area contributed by atoms with Crippen molar-refractivity contribution in [2.45, 2.75) is 33.7 Å². The fourth-order valence-electron chi connectivity index (χ4n) is 2.26. The number of ether oxygens (including phenoxy) is 1. The number of aromatic nitrogens is 3. The van der Waals surface area contributed by atoms with Crippen LogP contribution in [0, 0.1) is 5.92 Å². The average Bonchev–Trinajstić information content (AvgIpc) is 3.17. The molecule has 2 heterocycles. The first kappa shape index (κ1) is 19.9. The van der Waals surface area contributed by atoms with Crippen LogP contribution in [0.1, 0.15) is 32.8 Å². The van der Waals surface area contributed by atoms with Gasteiger partial charge in [0, 0.05) is 38.3 Å². The van der Waals surface area contributed by atoms with Gasteiger partial charge in [-0.25, -0.2) is 14.7 Å². The second-order valence-electron chi connectivity index (χ2n) is 6.39. The van der Waals surface area contributed by atoms with Crippen molar-refractivity contribution in [3.05, 3.63) is 42.4 Å². The van der Waals surface area contributed by atoms with Crippen molar-refractivity contribution in [2.24, 2.45) is 10.9 Å². The van der Waals surface area contributed by atoms with Gasteiger partial charge in [-0.2, -0.15) is 5.10 Å². The highest BCUT2D eigenvalue weighted by Crippen LogP contribution is 2.07. The van der Waals surface area contributed by atoms with Crippen molar-refractivity contribution in [2.75, 3.05) is 26.3 Å². The van der Waals surface area contributed by atoms with E-state index < -0.39 is 0 Å². The van der Waals surface area contributed by atoms with E-state index >= 15 is 0 Å². The van der Waals surface area contributed by atoms with Gasteiger partial charge >= 0.3 is 0 Å². The Labute approximate surface area is 155 Å². The summed E-state index contributed by atoms with van der Waals surface area (Å²) in [4.78, 5) is 8.97. The van der Waals surface area contributed by atoms with E-state index in [0.29, 0.717) is 19.1 Å². The molecule has 7 nitrogen and oxygen atoms in total. The van der Waals surface area contributed by atoms with Crippen LogP contribution in [0.5, 0.6) is 0 Å². The molecule has 0 aliphatic heterocycles. The summed E-state index contributed by atoms with van der Waals surface area (Å²) in [6.45, 7) is 10.1. The second-order valence-corrected chi connectivity index (χ2v) is 6.39. The van der Waals surface area contributed by atoms with Crippen molar-refractivity contribution in [3.8, 4) is 5.82 Å². The molecular formula is C19H30N6O. The largest absolute Gasteiger partial charge is 0.380 e. The number of guanidine groups is 1. The van der Waals surface area contributed by atoms with Gasteiger partial charge in [-0.1, -0.05) is 13.8 Å². The molecule has 0 fully saturated rings. The van der Waals surface area contributed by atoms with Crippen LogP contribution in [0.25, 0.3) is 5.82 Å². The van der Waals surface area contributed by atoms with Crippen molar-refractivity contribution >= 4 is 5.96 Å². The van der Waals surface area contributed by atoms with Crippen LogP contribution in [0.15, 0.2) is 41.8 Å². The summed E-state index contributed by atoms with van der Waals surface area (Å²) < 4.78 is 7.37. The Hall–Kier alpha value is -2.41. The minimum atomic E-state index is 0.570. The second kappa shape index (κ2) is 11.3. The van der Waals surface area contributed by atoms with Crippen molar-refractivity contribution in [1.29, 1.82) is 0 Å². The molecule has 0 aliphatic rings. The topological polar surface area (TPSA) is 76.4 Å². The van der Waals surface area contributed by atoms with E-state index in [2.05, 4.69) is 46.5 Å². The lowest BCUT2D eigenvalue weighted by Gasteiger charge is -2.12. The molecule has 0 amide bonds. The van der Waals surface area contributed by atoms with Crippen LogP contribution >= 0.6 is 0 Å². The van der Waals surface area contributed by atoms with Crippen LogP contribution in [0.3, 0.4) is 0 Å². The van der Waals surface area contributed by atoms with Gasteiger partial charge in [0.25, 0.3) is 0 Å². The highest BCUT2D eigenvalue weighted by molar-refractivity contribution is 5.79. The van der Waals surface area contributed by atoms with E-state index in [1.54, 1.807) is 17.1 Å². The first-order chi connectivity index (χ1) is 12.7. The third kappa shape index (κ3) is 7.23. The molecule has 2 aromatic rings. The fraction of sp³-hybridized carbons (Fsp3) is 0.526. The van der Waals surface area contributed by atoms with Gasteiger partial charge in [0.1, 0.15) is 0 Å². The maximum atomic E-state index is 5.63. The molecule has 0 unspecified atom stereocenters. The predicted molar refractivity (Wildman–Crippen MR) is 104 cm³/mol. The Morgan fingerprint density at radius 3 is 2.88 bits per heavy atom. The first-order valence-corrected chi connectivity index (χ1v) is 9.24. The molecule has 0 spiro atoms. The Balaban J connectivity index is 1.83. The molecule has 7 heteroatoms. The Kier molecular flexibility index (Phi) is 8.62. The van der Waals surface area contributed by atoms with Crippen LogP contribution in [0.2, 0.25) is 0 Å². The van der Waals surface area contributed by atoms with E-state index in [1.165, 1.54) is 0 Å². The Bertz CT molecular complexity index is 654. The zero-order chi connectivity index (χ0) is 18.6. The third-order valence-electron chi connectivity index (χ3n) is 3.69. The zero-order valence-electron chi connectivity index (χ0n) is 16.0. The number of rotatable bonds is 10.